The number of carbonyl (C=O) groups excluding carboxylic acids is 1. The molecule has 2 aromatic rings. The van der Waals surface area contributed by atoms with Crippen LogP contribution in [0, 0.1) is 0 Å². The molecule has 0 radical (unpaired) electrons. The van der Waals surface area contributed by atoms with Crippen LogP contribution in [0.15, 0.2) is 29.6 Å². The molecule has 118 valence electrons. The van der Waals surface area contributed by atoms with Crippen molar-refractivity contribution in [3.05, 3.63) is 35.2 Å². The Hall–Kier alpha value is -1.44. The minimum Gasteiger partial charge on any atom is -0.337 e. The van der Waals surface area contributed by atoms with E-state index in [4.69, 9.17) is 0 Å². The first-order chi connectivity index (χ1) is 10.5. The second-order valence-electron chi connectivity index (χ2n) is 5.45. The molecule has 1 aliphatic rings. The van der Waals surface area contributed by atoms with E-state index in [2.05, 4.69) is 0 Å². The zero-order valence-corrected chi connectivity index (χ0v) is 14.0. The van der Waals surface area contributed by atoms with E-state index >= 15 is 0 Å². The highest BCUT2D eigenvalue weighted by atomic mass is 32.2. The number of nitrogens with zero attached hydrogens (tertiary/aromatic N) is 2. The molecule has 1 aromatic heterocycles. The van der Waals surface area contributed by atoms with E-state index in [1.165, 1.54) is 10.6 Å². The van der Waals surface area contributed by atoms with Crippen molar-refractivity contribution in [3.63, 3.8) is 0 Å². The molecule has 0 N–H and O–H groups in total. The number of amides is 1. The van der Waals surface area contributed by atoms with Gasteiger partial charge < -0.3 is 4.90 Å². The first-order valence-corrected chi connectivity index (χ1v) is 9.90. The predicted molar refractivity (Wildman–Crippen MR) is 88.8 cm³/mol. The highest BCUT2D eigenvalue weighted by Crippen LogP contribution is 2.27. The lowest BCUT2D eigenvalue weighted by Crippen LogP contribution is -2.36. The van der Waals surface area contributed by atoms with Gasteiger partial charge in [0.1, 0.15) is 0 Å². The third-order valence-electron chi connectivity index (χ3n) is 3.92. The van der Waals surface area contributed by atoms with Gasteiger partial charge in [-0.05, 0) is 12.5 Å². The lowest BCUT2D eigenvalue weighted by molar-refractivity contribution is 0.0766. The largest absolute Gasteiger partial charge is 0.337 e. The average molecular weight is 338 g/mol. The SMILES string of the molecule is CS(=O)(=O)N1CCCN(C(=O)c2csc3ccccc23)CC1. The summed E-state index contributed by atoms with van der Waals surface area (Å²) in [5.41, 5.74) is 0.716. The maximum atomic E-state index is 12.7. The number of hydrogen-bond acceptors (Lipinski definition) is 4. The number of fused-ring (bicyclic) bond motifs is 1. The first kappa shape index (κ1) is 15.5. The quantitative estimate of drug-likeness (QED) is 0.842. The van der Waals surface area contributed by atoms with Crippen molar-refractivity contribution >= 4 is 37.4 Å². The number of thiophene rings is 1. The van der Waals surface area contributed by atoms with Gasteiger partial charge in [0.05, 0.1) is 11.8 Å². The molecule has 22 heavy (non-hydrogen) atoms. The first-order valence-electron chi connectivity index (χ1n) is 7.17. The summed E-state index contributed by atoms with van der Waals surface area (Å²) >= 11 is 1.56. The van der Waals surface area contributed by atoms with Crippen molar-refractivity contribution in [1.82, 2.24) is 9.21 Å². The van der Waals surface area contributed by atoms with E-state index in [9.17, 15) is 13.2 Å². The molecule has 1 aromatic carbocycles. The molecule has 0 spiro atoms. The van der Waals surface area contributed by atoms with Gasteiger partial charge in [0.15, 0.2) is 0 Å². The maximum absolute atomic E-state index is 12.7. The van der Waals surface area contributed by atoms with E-state index < -0.39 is 10.0 Å². The summed E-state index contributed by atoms with van der Waals surface area (Å²) in [6, 6.07) is 7.85. The van der Waals surface area contributed by atoms with Crippen molar-refractivity contribution in [2.75, 3.05) is 32.4 Å². The van der Waals surface area contributed by atoms with Gasteiger partial charge in [0, 0.05) is 41.6 Å². The van der Waals surface area contributed by atoms with Crippen LogP contribution >= 0.6 is 11.3 Å². The molecule has 1 aliphatic heterocycles. The molecule has 3 rings (SSSR count). The summed E-state index contributed by atoms with van der Waals surface area (Å²) in [4.78, 5) is 14.5. The molecule has 5 nitrogen and oxygen atoms in total. The summed E-state index contributed by atoms with van der Waals surface area (Å²) in [7, 11) is -3.19. The molecular formula is C15H18N2O3S2. The van der Waals surface area contributed by atoms with Crippen LogP contribution in [0.5, 0.6) is 0 Å². The Bertz CT molecular complexity index is 798. The number of rotatable bonds is 2. The molecule has 2 heterocycles. The Morgan fingerprint density at radius 2 is 1.91 bits per heavy atom. The fraction of sp³-hybridized carbons (Fsp3) is 0.400. The van der Waals surface area contributed by atoms with Crippen molar-refractivity contribution < 1.29 is 13.2 Å². The number of sulfonamides is 1. The van der Waals surface area contributed by atoms with Crippen LogP contribution in [-0.2, 0) is 10.0 Å². The summed E-state index contributed by atoms with van der Waals surface area (Å²) in [6.45, 7) is 1.88. The third-order valence-corrected chi connectivity index (χ3v) is 6.19. The minimum absolute atomic E-state index is 0.00667. The molecule has 1 amide bonds. The molecule has 0 saturated carbocycles. The Balaban J connectivity index is 1.81. The molecule has 1 saturated heterocycles. The lowest BCUT2D eigenvalue weighted by atomic mass is 10.1. The highest BCUT2D eigenvalue weighted by molar-refractivity contribution is 7.88. The second kappa shape index (κ2) is 5.98. The highest BCUT2D eigenvalue weighted by Gasteiger charge is 2.25. The summed E-state index contributed by atoms with van der Waals surface area (Å²) in [5, 5.41) is 2.87. The van der Waals surface area contributed by atoms with Gasteiger partial charge in [0.2, 0.25) is 10.0 Å². The average Bonchev–Trinajstić information content (AvgIpc) is 2.73. The number of hydrogen-bond donors (Lipinski definition) is 0. The zero-order chi connectivity index (χ0) is 15.7. The van der Waals surface area contributed by atoms with Gasteiger partial charge >= 0.3 is 0 Å². The van der Waals surface area contributed by atoms with Gasteiger partial charge in [0.25, 0.3) is 5.91 Å². The van der Waals surface area contributed by atoms with Gasteiger partial charge in [-0.2, -0.15) is 0 Å². The molecular weight excluding hydrogens is 320 g/mol. The fourth-order valence-electron chi connectivity index (χ4n) is 2.74. The Morgan fingerprint density at radius 1 is 1.14 bits per heavy atom. The van der Waals surface area contributed by atoms with E-state index in [1.54, 1.807) is 16.2 Å². The van der Waals surface area contributed by atoms with Gasteiger partial charge in [-0.15, -0.1) is 11.3 Å². The van der Waals surface area contributed by atoms with E-state index in [-0.39, 0.29) is 5.91 Å². The zero-order valence-electron chi connectivity index (χ0n) is 12.4. The van der Waals surface area contributed by atoms with Crippen LogP contribution in [-0.4, -0.2) is 56.0 Å². The lowest BCUT2D eigenvalue weighted by Gasteiger charge is -2.20. The van der Waals surface area contributed by atoms with E-state index in [0.717, 1.165) is 10.1 Å². The van der Waals surface area contributed by atoms with Crippen LogP contribution in [0.1, 0.15) is 16.8 Å². The van der Waals surface area contributed by atoms with Crippen molar-refractivity contribution in [1.29, 1.82) is 0 Å². The molecule has 7 heteroatoms. The van der Waals surface area contributed by atoms with Crippen LogP contribution in [0.25, 0.3) is 10.1 Å². The van der Waals surface area contributed by atoms with E-state index in [0.29, 0.717) is 38.2 Å². The van der Waals surface area contributed by atoms with Crippen LogP contribution in [0.2, 0.25) is 0 Å². The standard InChI is InChI=1S/C15H18N2O3S2/c1-22(19,20)17-8-4-7-16(9-10-17)15(18)13-11-21-14-6-3-2-5-12(13)14/h2-3,5-6,11H,4,7-10H2,1H3. The van der Waals surface area contributed by atoms with Crippen LogP contribution in [0.3, 0.4) is 0 Å². The van der Waals surface area contributed by atoms with Gasteiger partial charge in [-0.25, -0.2) is 12.7 Å². The molecule has 0 atom stereocenters. The van der Waals surface area contributed by atoms with Crippen LogP contribution in [0.4, 0.5) is 0 Å². The summed E-state index contributed by atoms with van der Waals surface area (Å²) < 4.78 is 25.8. The number of carbonyl (C=O) groups is 1. The molecule has 0 unspecified atom stereocenters. The Morgan fingerprint density at radius 3 is 2.68 bits per heavy atom. The molecule has 1 fully saturated rings. The number of benzene rings is 1. The normalized spacial score (nSPS) is 17.6. The van der Waals surface area contributed by atoms with Crippen molar-refractivity contribution in [3.8, 4) is 0 Å². The summed E-state index contributed by atoms with van der Waals surface area (Å²) in [6.07, 6.45) is 1.89. The van der Waals surface area contributed by atoms with Crippen molar-refractivity contribution in [2.45, 2.75) is 6.42 Å². The predicted octanol–water partition coefficient (Wildman–Crippen LogP) is 2.01. The Kier molecular flexibility index (Phi) is 4.20. The van der Waals surface area contributed by atoms with E-state index in [1.807, 2.05) is 29.6 Å². The van der Waals surface area contributed by atoms with Gasteiger partial charge in [-0.3, -0.25) is 4.79 Å². The monoisotopic (exact) mass is 338 g/mol. The topological polar surface area (TPSA) is 57.7 Å². The Labute approximate surface area is 134 Å². The minimum atomic E-state index is -3.19. The summed E-state index contributed by atoms with van der Waals surface area (Å²) in [5.74, 6) is -0.00667. The molecule has 0 aliphatic carbocycles. The van der Waals surface area contributed by atoms with Gasteiger partial charge in [-0.1, -0.05) is 18.2 Å². The van der Waals surface area contributed by atoms with Crippen molar-refractivity contribution in [2.24, 2.45) is 0 Å². The third kappa shape index (κ3) is 3.02. The smallest absolute Gasteiger partial charge is 0.255 e. The second-order valence-corrected chi connectivity index (χ2v) is 8.35. The van der Waals surface area contributed by atoms with Crippen LogP contribution < -0.4 is 0 Å². The fourth-order valence-corrected chi connectivity index (χ4v) is 4.55. The molecule has 0 bridgehead atoms. The maximum Gasteiger partial charge on any atom is 0.255 e.